The van der Waals surface area contributed by atoms with Crippen LogP contribution >= 0.6 is 0 Å². The number of phenolic OH excluding ortho intramolecular Hbond substituents is 1. The number of likely N-dealkylation sites (N-methyl/N-ethyl adjacent to an activating group) is 1. The second-order valence-electron chi connectivity index (χ2n) is 9.54. The highest BCUT2D eigenvalue weighted by atomic mass is 16.5. The maximum atomic E-state index is 13.5. The normalized spacial score (nSPS) is 33.0. The molecule has 7 atom stereocenters. The number of carbonyl (C=O) groups is 3. The van der Waals surface area contributed by atoms with E-state index in [2.05, 4.69) is 4.74 Å². The summed E-state index contributed by atoms with van der Waals surface area (Å²) in [6.07, 6.45) is -5.21. The number of phenols is 1. The maximum absolute atomic E-state index is 13.5. The molecule has 3 N–H and O–H groups in total. The summed E-state index contributed by atoms with van der Waals surface area (Å²) in [6.45, 7) is 3.29. The Hall–Kier alpha value is -2.63. The van der Waals surface area contributed by atoms with Crippen LogP contribution in [0, 0.1) is 0 Å². The average molecular weight is 490 g/mol. The lowest BCUT2D eigenvalue weighted by Gasteiger charge is -2.41. The number of ketones is 2. The number of ether oxygens (including phenoxy) is 3. The maximum Gasteiger partial charge on any atom is 0.308 e. The van der Waals surface area contributed by atoms with Crippen LogP contribution in [0.4, 0.5) is 0 Å². The molecule has 2 aliphatic heterocycles. The Labute approximate surface area is 203 Å². The van der Waals surface area contributed by atoms with Crippen molar-refractivity contribution >= 4 is 17.5 Å². The number of esters is 1. The van der Waals surface area contributed by atoms with Gasteiger partial charge in [0.2, 0.25) is 0 Å². The molecule has 3 aliphatic rings. The molecule has 0 bridgehead atoms. The van der Waals surface area contributed by atoms with Crippen LogP contribution < -0.4 is 0 Å². The minimum atomic E-state index is -1.50. The zero-order valence-corrected chi connectivity index (χ0v) is 20.3. The van der Waals surface area contributed by atoms with E-state index in [4.69, 9.17) is 9.47 Å². The highest BCUT2D eigenvalue weighted by molar-refractivity contribution is 6.29. The SMILES string of the molecule is COC(=O)C[C@H]1O[C@H](C)C2=C(C(=O)c3ccc([C@H]4C[C@@H](N(C)C)[C@H](O)[C@@H](C)O4)c(O)c3C2=O)[C@H]1O. The molecule has 1 aromatic rings. The first-order chi connectivity index (χ1) is 16.5. The number of aromatic hydroxyl groups is 1. The van der Waals surface area contributed by atoms with Gasteiger partial charge < -0.3 is 34.4 Å². The molecule has 1 aromatic carbocycles. The summed E-state index contributed by atoms with van der Waals surface area (Å²) in [5.74, 6) is -2.21. The van der Waals surface area contributed by atoms with E-state index >= 15 is 0 Å². The molecule has 1 saturated heterocycles. The molecule has 190 valence electrons. The van der Waals surface area contributed by atoms with Crippen LogP contribution in [0.3, 0.4) is 0 Å². The number of methoxy groups -OCH3 is 1. The van der Waals surface area contributed by atoms with Crippen molar-refractivity contribution in [3.8, 4) is 5.75 Å². The fraction of sp³-hybridized carbons (Fsp3) is 0.560. The van der Waals surface area contributed by atoms with E-state index in [-0.39, 0.29) is 40.5 Å². The molecule has 2 heterocycles. The Morgan fingerprint density at radius 2 is 1.80 bits per heavy atom. The van der Waals surface area contributed by atoms with Crippen molar-refractivity contribution in [2.45, 2.75) is 69.4 Å². The molecular formula is C25H31NO9. The molecule has 10 heteroatoms. The molecule has 4 rings (SSSR count). The number of fused-ring (bicyclic) bond motifs is 1. The monoisotopic (exact) mass is 489 g/mol. The Kier molecular flexibility index (Phi) is 6.87. The predicted octanol–water partition coefficient (Wildman–Crippen LogP) is 0.920. The van der Waals surface area contributed by atoms with E-state index in [1.807, 2.05) is 19.0 Å². The fourth-order valence-corrected chi connectivity index (χ4v) is 5.29. The lowest BCUT2D eigenvalue weighted by Crippen LogP contribution is -2.50. The second-order valence-corrected chi connectivity index (χ2v) is 9.54. The van der Waals surface area contributed by atoms with Crippen molar-refractivity contribution in [3.63, 3.8) is 0 Å². The lowest BCUT2D eigenvalue weighted by molar-refractivity contribution is -0.148. The first-order valence-electron chi connectivity index (χ1n) is 11.6. The Morgan fingerprint density at radius 3 is 2.43 bits per heavy atom. The molecule has 0 amide bonds. The average Bonchev–Trinajstić information content (AvgIpc) is 2.80. The third-order valence-corrected chi connectivity index (χ3v) is 7.21. The second kappa shape index (κ2) is 9.44. The fourth-order valence-electron chi connectivity index (χ4n) is 5.29. The molecule has 35 heavy (non-hydrogen) atoms. The van der Waals surface area contributed by atoms with Crippen LogP contribution in [0.2, 0.25) is 0 Å². The summed E-state index contributed by atoms with van der Waals surface area (Å²) in [6, 6.07) is 2.74. The predicted molar refractivity (Wildman–Crippen MR) is 122 cm³/mol. The van der Waals surface area contributed by atoms with E-state index in [0.29, 0.717) is 12.0 Å². The van der Waals surface area contributed by atoms with Crippen LogP contribution in [-0.2, 0) is 19.0 Å². The molecule has 10 nitrogen and oxygen atoms in total. The largest absolute Gasteiger partial charge is 0.507 e. The molecule has 1 aliphatic carbocycles. The van der Waals surface area contributed by atoms with Crippen LogP contribution in [0.5, 0.6) is 5.75 Å². The van der Waals surface area contributed by atoms with Gasteiger partial charge in [-0.05, 0) is 40.4 Å². The Morgan fingerprint density at radius 1 is 1.11 bits per heavy atom. The number of benzene rings is 1. The Bertz CT molecular complexity index is 1090. The van der Waals surface area contributed by atoms with E-state index in [1.54, 1.807) is 13.8 Å². The van der Waals surface area contributed by atoms with Gasteiger partial charge in [-0.25, -0.2) is 0 Å². The van der Waals surface area contributed by atoms with Crippen LogP contribution in [0.15, 0.2) is 23.3 Å². The van der Waals surface area contributed by atoms with Gasteiger partial charge >= 0.3 is 5.97 Å². The van der Waals surface area contributed by atoms with E-state index in [0.717, 1.165) is 0 Å². The lowest BCUT2D eigenvalue weighted by atomic mass is 9.75. The van der Waals surface area contributed by atoms with Gasteiger partial charge in [0.05, 0.1) is 49.6 Å². The highest BCUT2D eigenvalue weighted by Gasteiger charge is 2.47. The van der Waals surface area contributed by atoms with Gasteiger partial charge in [0.1, 0.15) is 11.9 Å². The summed E-state index contributed by atoms with van der Waals surface area (Å²) in [4.78, 5) is 40.6. The summed E-state index contributed by atoms with van der Waals surface area (Å²) in [5.41, 5.74) is -0.0196. The van der Waals surface area contributed by atoms with Crippen molar-refractivity contribution < 1.29 is 43.9 Å². The van der Waals surface area contributed by atoms with E-state index in [1.165, 1.54) is 19.2 Å². The van der Waals surface area contributed by atoms with Crippen LogP contribution in [-0.4, -0.2) is 95.5 Å². The van der Waals surface area contributed by atoms with Gasteiger partial charge in [-0.3, -0.25) is 14.4 Å². The van der Waals surface area contributed by atoms with Gasteiger partial charge in [-0.15, -0.1) is 0 Å². The quantitative estimate of drug-likeness (QED) is 0.523. The number of rotatable bonds is 4. The topological polar surface area (TPSA) is 143 Å². The number of carbonyl (C=O) groups excluding carboxylic acids is 3. The van der Waals surface area contributed by atoms with Gasteiger partial charge in [0, 0.05) is 28.3 Å². The number of nitrogens with zero attached hydrogens (tertiary/aromatic N) is 1. The van der Waals surface area contributed by atoms with Crippen LogP contribution in [0.1, 0.15) is 59.1 Å². The van der Waals surface area contributed by atoms with Crippen molar-refractivity contribution in [1.82, 2.24) is 4.90 Å². The number of hydrogen-bond donors (Lipinski definition) is 3. The van der Waals surface area contributed by atoms with E-state index < -0.39 is 54.2 Å². The molecule has 0 radical (unpaired) electrons. The Balaban J connectivity index is 1.73. The highest BCUT2D eigenvalue weighted by Crippen LogP contribution is 2.44. The number of Topliss-reactive ketones (excluding diaryl/α,β-unsaturated/α-hetero) is 2. The first-order valence-corrected chi connectivity index (χ1v) is 11.6. The summed E-state index contributed by atoms with van der Waals surface area (Å²) >= 11 is 0. The molecule has 1 fully saturated rings. The molecule has 0 spiro atoms. The summed E-state index contributed by atoms with van der Waals surface area (Å²) < 4.78 is 16.3. The number of hydrogen-bond acceptors (Lipinski definition) is 10. The summed E-state index contributed by atoms with van der Waals surface area (Å²) in [5, 5.41) is 32.5. The van der Waals surface area contributed by atoms with Crippen molar-refractivity contribution in [2.75, 3.05) is 21.2 Å². The first kappa shape index (κ1) is 25.5. The van der Waals surface area contributed by atoms with Crippen molar-refractivity contribution in [3.05, 3.63) is 40.0 Å². The summed E-state index contributed by atoms with van der Waals surface area (Å²) in [7, 11) is 4.89. The van der Waals surface area contributed by atoms with Gasteiger partial charge in [0.15, 0.2) is 11.6 Å². The van der Waals surface area contributed by atoms with Crippen molar-refractivity contribution in [1.29, 1.82) is 0 Å². The smallest absolute Gasteiger partial charge is 0.308 e. The van der Waals surface area contributed by atoms with E-state index in [9.17, 15) is 29.7 Å². The van der Waals surface area contributed by atoms with Gasteiger partial charge in [0.25, 0.3) is 0 Å². The van der Waals surface area contributed by atoms with Crippen LogP contribution in [0.25, 0.3) is 0 Å². The zero-order chi connectivity index (χ0) is 25.8. The number of aliphatic hydroxyl groups excluding tert-OH is 2. The standard InChI is InChI=1S/C25H31NO9/c1-10-18-20(24(31)16(34-10)9-17(27)33-5)23(30)13-7-6-12(22(29)19(13)25(18)32)15-8-14(26(3)4)21(28)11(2)35-15/h6-7,10-11,14-16,21,24,28-29,31H,8-9H2,1-5H3/t10-,11-,14-,15-,16-,21-,24+/m1/s1. The zero-order valence-electron chi connectivity index (χ0n) is 20.3. The third-order valence-electron chi connectivity index (χ3n) is 7.21. The molecular weight excluding hydrogens is 458 g/mol. The van der Waals surface area contributed by atoms with Gasteiger partial charge in [-0.2, -0.15) is 0 Å². The van der Waals surface area contributed by atoms with Gasteiger partial charge in [-0.1, -0.05) is 6.07 Å². The minimum Gasteiger partial charge on any atom is -0.507 e. The molecule has 0 aromatic heterocycles. The number of aliphatic hydroxyl groups is 2. The van der Waals surface area contributed by atoms with Crippen molar-refractivity contribution in [2.24, 2.45) is 0 Å². The molecule has 0 unspecified atom stereocenters. The third kappa shape index (κ3) is 4.19. The molecule has 0 saturated carbocycles. The minimum absolute atomic E-state index is 0.0342.